The van der Waals surface area contributed by atoms with Crippen LogP contribution in [0, 0.1) is 5.92 Å². The van der Waals surface area contributed by atoms with E-state index in [1.54, 1.807) is 6.33 Å². The van der Waals surface area contributed by atoms with Crippen molar-refractivity contribution in [2.45, 2.75) is 13.5 Å². The van der Waals surface area contributed by atoms with Crippen LogP contribution in [0.15, 0.2) is 12.7 Å². The number of hydrogen-bond donors (Lipinski definition) is 0. The van der Waals surface area contributed by atoms with Crippen LogP contribution >= 0.6 is 0 Å². The molecule has 1 aliphatic rings. The lowest BCUT2D eigenvalue weighted by atomic mass is 10.00. The number of fused-ring (bicyclic) bond motifs is 1. The number of anilines is 1. The molecule has 6 heteroatoms. The maximum absolute atomic E-state index is 4.46. The summed E-state index contributed by atoms with van der Waals surface area (Å²) >= 11 is 0. The van der Waals surface area contributed by atoms with Crippen molar-refractivity contribution >= 4 is 17.0 Å². The van der Waals surface area contributed by atoms with Gasteiger partial charge >= 0.3 is 0 Å². The molecule has 0 atom stereocenters. The SMILES string of the molecule is CCn1cnc2c(N3CC(CN(C)C)C3)ncnc21. The molecule has 3 heterocycles. The van der Waals surface area contributed by atoms with Gasteiger partial charge in [0.25, 0.3) is 0 Å². The van der Waals surface area contributed by atoms with Crippen LogP contribution in [0.2, 0.25) is 0 Å². The molecule has 19 heavy (non-hydrogen) atoms. The molecule has 1 aliphatic heterocycles. The average molecular weight is 260 g/mol. The molecule has 0 aliphatic carbocycles. The minimum Gasteiger partial charge on any atom is -0.354 e. The van der Waals surface area contributed by atoms with E-state index in [4.69, 9.17) is 0 Å². The van der Waals surface area contributed by atoms with E-state index in [1.165, 1.54) is 0 Å². The largest absolute Gasteiger partial charge is 0.354 e. The third-order valence-corrected chi connectivity index (χ3v) is 3.60. The van der Waals surface area contributed by atoms with Crippen LogP contribution in [-0.4, -0.2) is 58.1 Å². The third-order valence-electron chi connectivity index (χ3n) is 3.60. The van der Waals surface area contributed by atoms with Crippen molar-refractivity contribution in [3.63, 3.8) is 0 Å². The van der Waals surface area contributed by atoms with Gasteiger partial charge in [-0.05, 0) is 21.0 Å². The summed E-state index contributed by atoms with van der Waals surface area (Å²) in [7, 11) is 4.24. The molecule has 6 nitrogen and oxygen atoms in total. The quantitative estimate of drug-likeness (QED) is 0.815. The van der Waals surface area contributed by atoms with Crippen LogP contribution in [0.5, 0.6) is 0 Å². The number of rotatable bonds is 4. The standard InChI is InChI=1S/C13H20N6/c1-4-18-9-16-11-12(18)14-8-15-13(11)19-6-10(7-19)5-17(2)3/h8-10H,4-7H2,1-3H3. The smallest absolute Gasteiger partial charge is 0.165 e. The van der Waals surface area contributed by atoms with Gasteiger partial charge in [0, 0.05) is 32.1 Å². The number of nitrogens with zero attached hydrogens (tertiary/aromatic N) is 6. The molecule has 1 saturated heterocycles. The minimum absolute atomic E-state index is 0.730. The highest BCUT2D eigenvalue weighted by Gasteiger charge is 2.30. The first-order valence-electron chi connectivity index (χ1n) is 6.74. The van der Waals surface area contributed by atoms with E-state index in [1.807, 2.05) is 6.33 Å². The maximum Gasteiger partial charge on any atom is 0.165 e. The van der Waals surface area contributed by atoms with Gasteiger partial charge in [-0.3, -0.25) is 0 Å². The predicted octanol–water partition coefficient (Wildman–Crippen LogP) is 0.844. The second-order valence-corrected chi connectivity index (χ2v) is 5.43. The zero-order chi connectivity index (χ0) is 13.4. The topological polar surface area (TPSA) is 50.1 Å². The van der Waals surface area contributed by atoms with Crippen molar-refractivity contribution in [1.29, 1.82) is 0 Å². The van der Waals surface area contributed by atoms with Gasteiger partial charge in [0.2, 0.25) is 0 Å². The lowest BCUT2D eigenvalue weighted by molar-refractivity contribution is 0.282. The van der Waals surface area contributed by atoms with Crippen molar-refractivity contribution in [2.24, 2.45) is 5.92 Å². The van der Waals surface area contributed by atoms with E-state index in [9.17, 15) is 0 Å². The first-order valence-corrected chi connectivity index (χ1v) is 6.74. The third kappa shape index (κ3) is 2.16. The normalized spacial score (nSPS) is 16.3. The molecule has 0 aromatic carbocycles. The summed E-state index contributed by atoms with van der Waals surface area (Å²) in [5.74, 6) is 1.71. The second kappa shape index (κ2) is 4.77. The number of aryl methyl sites for hydroxylation is 1. The summed E-state index contributed by atoms with van der Waals surface area (Å²) in [6.07, 6.45) is 3.49. The molecule has 102 valence electrons. The molecule has 0 amide bonds. The van der Waals surface area contributed by atoms with Gasteiger partial charge in [-0.2, -0.15) is 0 Å². The Morgan fingerprint density at radius 1 is 1.26 bits per heavy atom. The van der Waals surface area contributed by atoms with Crippen LogP contribution in [0.25, 0.3) is 11.2 Å². The molecule has 0 bridgehead atoms. The van der Waals surface area contributed by atoms with Crippen molar-refractivity contribution in [3.8, 4) is 0 Å². The molecule has 0 N–H and O–H groups in total. The van der Waals surface area contributed by atoms with E-state index >= 15 is 0 Å². The molecule has 2 aromatic heterocycles. The van der Waals surface area contributed by atoms with Crippen LogP contribution in [-0.2, 0) is 6.54 Å². The van der Waals surface area contributed by atoms with E-state index in [0.29, 0.717) is 0 Å². The highest BCUT2D eigenvalue weighted by atomic mass is 15.3. The van der Waals surface area contributed by atoms with Crippen LogP contribution in [0.3, 0.4) is 0 Å². The summed E-state index contributed by atoms with van der Waals surface area (Å²) in [6, 6.07) is 0. The van der Waals surface area contributed by atoms with Crippen molar-refractivity contribution in [1.82, 2.24) is 24.4 Å². The fraction of sp³-hybridized carbons (Fsp3) is 0.615. The second-order valence-electron chi connectivity index (χ2n) is 5.43. The molecule has 3 rings (SSSR count). The van der Waals surface area contributed by atoms with Gasteiger partial charge in [-0.1, -0.05) is 0 Å². The fourth-order valence-corrected chi connectivity index (χ4v) is 2.71. The zero-order valence-corrected chi connectivity index (χ0v) is 11.7. The van der Waals surface area contributed by atoms with Gasteiger partial charge in [0.05, 0.1) is 6.33 Å². The highest BCUT2D eigenvalue weighted by Crippen LogP contribution is 2.28. The Bertz CT molecular complexity index is 570. The molecule has 0 saturated carbocycles. The monoisotopic (exact) mass is 260 g/mol. The molecule has 2 aromatic rings. The fourth-order valence-electron chi connectivity index (χ4n) is 2.71. The van der Waals surface area contributed by atoms with Gasteiger partial charge in [0.15, 0.2) is 17.0 Å². The summed E-state index contributed by atoms with van der Waals surface area (Å²) < 4.78 is 2.05. The van der Waals surface area contributed by atoms with E-state index < -0.39 is 0 Å². The summed E-state index contributed by atoms with van der Waals surface area (Å²) in [5, 5.41) is 0. The van der Waals surface area contributed by atoms with E-state index in [2.05, 4.69) is 50.3 Å². The van der Waals surface area contributed by atoms with Crippen molar-refractivity contribution in [3.05, 3.63) is 12.7 Å². The summed E-state index contributed by atoms with van der Waals surface area (Å²) in [4.78, 5) is 17.8. The number of hydrogen-bond acceptors (Lipinski definition) is 5. The van der Waals surface area contributed by atoms with Gasteiger partial charge in [-0.25, -0.2) is 15.0 Å². The first-order chi connectivity index (χ1) is 9.19. The maximum atomic E-state index is 4.46. The van der Waals surface area contributed by atoms with Crippen molar-refractivity contribution in [2.75, 3.05) is 38.6 Å². The highest BCUT2D eigenvalue weighted by molar-refractivity contribution is 5.83. The van der Waals surface area contributed by atoms with Gasteiger partial charge in [-0.15, -0.1) is 0 Å². The van der Waals surface area contributed by atoms with Gasteiger partial charge < -0.3 is 14.4 Å². The molecule has 0 radical (unpaired) electrons. The first kappa shape index (κ1) is 12.3. The van der Waals surface area contributed by atoms with Gasteiger partial charge in [0.1, 0.15) is 6.33 Å². The lowest BCUT2D eigenvalue weighted by Gasteiger charge is -2.41. The molecular weight excluding hydrogens is 240 g/mol. The van der Waals surface area contributed by atoms with E-state index in [0.717, 1.165) is 49.1 Å². The molecule has 1 fully saturated rings. The molecule has 0 unspecified atom stereocenters. The van der Waals surface area contributed by atoms with Crippen LogP contribution in [0.4, 0.5) is 5.82 Å². The number of aromatic nitrogens is 4. The van der Waals surface area contributed by atoms with Crippen LogP contribution in [0.1, 0.15) is 6.92 Å². The summed E-state index contributed by atoms with van der Waals surface area (Å²) in [6.45, 7) is 6.23. The van der Waals surface area contributed by atoms with Crippen LogP contribution < -0.4 is 4.90 Å². The summed E-state index contributed by atoms with van der Waals surface area (Å²) in [5.41, 5.74) is 1.86. The predicted molar refractivity (Wildman–Crippen MR) is 75.3 cm³/mol. The molecule has 0 spiro atoms. The average Bonchev–Trinajstić information content (AvgIpc) is 2.76. The molecular formula is C13H20N6. The van der Waals surface area contributed by atoms with E-state index in [-0.39, 0.29) is 0 Å². The Hall–Kier alpha value is -1.69. The Morgan fingerprint density at radius 2 is 2.05 bits per heavy atom. The Balaban J connectivity index is 1.81. The minimum atomic E-state index is 0.730. The zero-order valence-electron chi connectivity index (χ0n) is 11.7. The Labute approximate surface area is 113 Å². The Kier molecular flexibility index (Phi) is 3.10. The number of imidazole rings is 1. The lowest BCUT2D eigenvalue weighted by Crippen LogP contribution is -2.51. The Morgan fingerprint density at radius 3 is 2.74 bits per heavy atom. The van der Waals surface area contributed by atoms with Crippen molar-refractivity contribution < 1.29 is 0 Å².